The van der Waals surface area contributed by atoms with Crippen molar-refractivity contribution in [1.82, 2.24) is 10.6 Å². The number of nitrogens with one attached hydrogen (secondary N) is 2. The standard InChI is InChI=1S/C7H12N4O5/c8-4(12)1-3(6(14)15)11-7(16)10-2-5(9)13/h3H,1-2H2,(H2,8,12)(H2,9,13)(H,14,15)(H2,10,11,16). The van der Waals surface area contributed by atoms with Crippen LogP contribution in [0.4, 0.5) is 4.79 Å². The summed E-state index contributed by atoms with van der Waals surface area (Å²) < 4.78 is 0. The quantitative estimate of drug-likeness (QED) is 0.331. The maximum atomic E-state index is 11.0. The Morgan fingerprint density at radius 1 is 1.12 bits per heavy atom. The van der Waals surface area contributed by atoms with Gasteiger partial charge in [0.05, 0.1) is 13.0 Å². The molecule has 9 heteroatoms. The minimum Gasteiger partial charge on any atom is -0.480 e. The molecule has 7 N–H and O–H groups in total. The summed E-state index contributed by atoms with van der Waals surface area (Å²) in [5.41, 5.74) is 9.52. The average molecular weight is 232 g/mol. The second-order valence-corrected chi connectivity index (χ2v) is 2.85. The van der Waals surface area contributed by atoms with Crippen LogP contribution in [0, 0.1) is 0 Å². The summed E-state index contributed by atoms with van der Waals surface area (Å²) in [7, 11) is 0. The fraction of sp³-hybridized carbons (Fsp3) is 0.429. The van der Waals surface area contributed by atoms with Crippen LogP contribution >= 0.6 is 0 Å². The van der Waals surface area contributed by atoms with E-state index in [1.165, 1.54) is 0 Å². The average Bonchev–Trinajstić information content (AvgIpc) is 2.12. The van der Waals surface area contributed by atoms with Gasteiger partial charge in [-0.15, -0.1) is 0 Å². The summed E-state index contributed by atoms with van der Waals surface area (Å²) in [6, 6.07) is -2.36. The lowest BCUT2D eigenvalue weighted by Crippen LogP contribution is -2.49. The molecule has 4 amide bonds. The minimum absolute atomic E-state index is 0.436. The number of nitrogens with two attached hydrogens (primary N) is 2. The number of carboxylic acid groups (broad SMARTS) is 1. The topological polar surface area (TPSA) is 165 Å². The fourth-order valence-corrected chi connectivity index (χ4v) is 0.778. The Labute approximate surface area is 90.1 Å². The first-order chi connectivity index (χ1) is 7.32. The van der Waals surface area contributed by atoms with Gasteiger partial charge in [0.15, 0.2) is 0 Å². The van der Waals surface area contributed by atoms with Crippen molar-refractivity contribution in [1.29, 1.82) is 0 Å². The van der Waals surface area contributed by atoms with Gasteiger partial charge < -0.3 is 27.2 Å². The highest BCUT2D eigenvalue weighted by atomic mass is 16.4. The summed E-state index contributed by atoms with van der Waals surface area (Å²) in [6.45, 7) is -0.436. The molecule has 0 saturated carbocycles. The van der Waals surface area contributed by atoms with Gasteiger partial charge in [-0.05, 0) is 0 Å². The van der Waals surface area contributed by atoms with Crippen molar-refractivity contribution in [3.8, 4) is 0 Å². The van der Waals surface area contributed by atoms with Crippen LogP contribution in [0.1, 0.15) is 6.42 Å². The molecule has 0 saturated heterocycles. The first kappa shape index (κ1) is 13.7. The Balaban J connectivity index is 4.18. The molecule has 0 aromatic carbocycles. The molecule has 0 aromatic heterocycles. The third kappa shape index (κ3) is 6.18. The van der Waals surface area contributed by atoms with Crippen LogP contribution in [-0.4, -0.2) is 41.5 Å². The third-order valence-electron chi connectivity index (χ3n) is 1.43. The highest BCUT2D eigenvalue weighted by Crippen LogP contribution is 1.91. The summed E-state index contributed by atoms with van der Waals surface area (Å²) in [5.74, 6) is -3.06. The zero-order valence-corrected chi connectivity index (χ0v) is 8.23. The summed E-state index contributed by atoms with van der Waals surface area (Å²) in [6.07, 6.45) is -0.542. The molecule has 0 heterocycles. The Bertz CT molecular complexity index is 316. The van der Waals surface area contributed by atoms with E-state index in [0.29, 0.717) is 0 Å². The van der Waals surface area contributed by atoms with E-state index >= 15 is 0 Å². The maximum absolute atomic E-state index is 11.0. The van der Waals surface area contributed by atoms with Crippen molar-refractivity contribution < 1.29 is 24.3 Å². The molecular weight excluding hydrogens is 220 g/mol. The molecule has 0 aliphatic carbocycles. The van der Waals surface area contributed by atoms with Crippen LogP contribution in [-0.2, 0) is 14.4 Å². The fourth-order valence-electron chi connectivity index (χ4n) is 0.778. The minimum atomic E-state index is -1.44. The Hall–Kier alpha value is -2.32. The van der Waals surface area contributed by atoms with Crippen molar-refractivity contribution in [2.24, 2.45) is 11.5 Å². The van der Waals surface area contributed by atoms with E-state index in [1.54, 1.807) is 0 Å². The first-order valence-electron chi connectivity index (χ1n) is 4.16. The van der Waals surface area contributed by atoms with E-state index in [2.05, 4.69) is 0 Å². The SMILES string of the molecule is NC(=O)CNC(=O)NC(CC(N)=O)C(=O)O. The lowest BCUT2D eigenvalue weighted by molar-refractivity contribution is -0.140. The van der Waals surface area contributed by atoms with E-state index in [0.717, 1.165) is 0 Å². The molecule has 0 aliphatic heterocycles. The molecule has 0 fully saturated rings. The van der Waals surface area contributed by atoms with Crippen LogP contribution in [0.2, 0.25) is 0 Å². The molecule has 0 radical (unpaired) electrons. The number of rotatable bonds is 6. The number of hydrogen-bond acceptors (Lipinski definition) is 4. The molecule has 0 bridgehead atoms. The number of aliphatic carboxylic acids is 1. The molecule has 1 atom stereocenters. The van der Waals surface area contributed by atoms with Gasteiger partial charge in [0, 0.05) is 0 Å². The number of urea groups is 1. The molecule has 90 valence electrons. The van der Waals surface area contributed by atoms with Crippen molar-refractivity contribution in [3.05, 3.63) is 0 Å². The van der Waals surface area contributed by atoms with Crippen molar-refractivity contribution in [2.45, 2.75) is 12.5 Å². The summed E-state index contributed by atoms with van der Waals surface area (Å²) >= 11 is 0. The van der Waals surface area contributed by atoms with Crippen LogP contribution in [0.5, 0.6) is 0 Å². The predicted molar refractivity (Wildman–Crippen MR) is 51.0 cm³/mol. The van der Waals surface area contributed by atoms with E-state index in [1.807, 2.05) is 10.6 Å². The monoisotopic (exact) mass is 232 g/mol. The molecule has 0 rings (SSSR count). The molecule has 1 unspecified atom stereocenters. The zero-order chi connectivity index (χ0) is 12.7. The molecule has 16 heavy (non-hydrogen) atoms. The van der Waals surface area contributed by atoms with E-state index < -0.39 is 42.8 Å². The summed E-state index contributed by atoms with van der Waals surface area (Å²) in [4.78, 5) is 42.3. The highest BCUT2D eigenvalue weighted by Gasteiger charge is 2.21. The number of carboxylic acids is 1. The maximum Gasteiger partial charge on any atom is 0.326 e. The highest BCUT2D eigenvalue weighted by molar-refractivity contribution is 5.89. The lowest BCUT2D eigenvalue weighted by Gasteiger charge is -2.12. The largest absolute Gasteiger partial charge is 0.480 e. The van der Waals surface area contributed by atoms with Crippen molar-refractivity contribution in [3.63, 3.8) is 0 Å². The van der Waals surface area contributed by atoms with Crippen molar-refractivity contribution >= 4 is 23.8 Å². The number of primary amides is 2. The van der Waals surface area contributed by atoms with E-state index in [9.17, 15) is 19.2 Å². The number of amides is 4. The number of hydrogen-bond donors (Lipinski definition) is 5. The lowest BCUT2D eigenvalue weighted by atomic mass is 10.2. The first-order valence-corrected chi connectivity index (χ1v) is 4.16. The molecular formula is C7H12N4O5. The molecule has 0 aromatic rings. The molecule has 0 spiro atoms. The Morgan fingerprint density at radius 3 is 2.06 bits per heavy atom. The van der Waals surface area contributed by atoms with Gasteiger partial charge >= 0.3 is 12.0 Å². The third-order valence-corrected chi connectivity index (χ3v) is 1.43. The number of carbonyl (C=O) groups excluding carboxylic acids is 3. The second-order valence-electron chi connectivity index (χ2n) is 2.85. The van der Waals surface area contributed by atoms with Gasteiger partial charge in [-0.1, -0.05) is 0 Å². The summed E-state index contributed by atoms with van der Waals surface area (Å²) in [5, 5.41) is 12.6. The van der Waals surface area contributed by atoms with Crippen LogP contribution in [0.3, 0.4) is 0 Å². The Morgan fingerprint density at radius 2 is 1.69 bits per heavy atom. The van der Waals surface area contributed by atoms with Gasteiger partial charge in [0.2, 0.25) is 11.8 Å². The van der Waals surface area contributed by atoms with Crippen LogP contribution in [0.15, 0.2) is 0 Å². The van der Waals surface area contributed by atoms with E-state index in [4.69, 9.17) is 16.6 Å². The van der Waals surface area contributed by atoms with Gasteiger partial charge in [-0.3, -0.25) is 9.59 Å². The second kappa shape index (κ2) is 6.22. The van der Waals surface area contributed by atoms with Gasteiger partial charge in [-0.25, -0.2) is 9.59 Å². The predicted octanol–water partition coefficient (Wildman–Crippen LogP) is -2.90. The molecule has 9 nitrogen and oxygen atoms in total. The zero-order valence-electron chi connectivity index (χ0n) is 8.23. The van der Waals surface area contributed by atoms with E-state index in [-0.39, 0.29) is 0 Å². The van der Waals surface area contributed by atoms with Gasteiger partial charge in [-0.2, -0.15) is 0 Å². The smallest absolute Gasteiger partial charge is 0.326 e. The van der Waals surface area contributed by atoms with Gasteiger partial charge in [0.1, 0.15) is 6.04 Å². The van der Waals surface area contributed by atoms with Crippen LogP contribution < -0.4 is 22.1 Å². The molecule has 0 aliphatic rings. The Kier molecular flexibility index (Phi) is 5.32. The van der Waals surface area contributed by atoms with Crippen molar-refractivity contribution in [2.75, 3.05) is 6.54 Å². The number of carbonyl (C=O) groups is 4. The van der Waals surface area contributed by atoms with Gasteiger partial charge in [0.25, 0.3) is 0 Å². The van der Waals surface area contributed by atoms with Crippen LogP contribution in [0.25, 0.3) is 0 Å². The normalized spacial score (nSPS) is 11.2.